The van der Waals surface area contributed by atoms with Gasteiger partial charge in [-0.25, -0.2) is 0 Å². The molecule has 0 saturated heterocycles. The smallest absolute Gasteiger partial charge is 0.308 e. The molecular formula is C22H34O4. The molecule has 1 aromatic rings. The Morgan fingerprint density at radius 3 is 2.38 bits per heavy atom. The first-order valence-electron chi connectivity index (χ1n) is 9.83. The summed E-state index contributed by atoms with van der Waals surface area (Å²) in [7, 11) is 1.67. The third-order valence-electron chi connectivity index (χ3n) is 5.38. The number of esters is 1. The van der Waals surface area contributed by atoms with Crippen molar-refractivity contribution < 1.29 is 19.0 Å². The van der Waals surface area contributed by atoms with Crippen LogP contribution < -0.4 is 0 Å². The topological polar surface area (TPSA) is 44.8 Å². The fourth-order valence-electron chi connectivity index (χ4n) is 3.63. The van der Waals surface area contributed by atoms with E-state index in [1.54, 1.807) is 7.11 Å². The molecule has 1 fully saturated rings. The highest BCUT2D eigenvalue weighted by molar-refractivity contribution is 5.72. The molecule has 0 spiro atoms. The molecule has 0 radical (unpaired) electrons. The molecule has 1 saturated carbocycles. The molecule has 146 valence electrons. The van der Waals surface area contributed by atoms with Crippen molar-refractivity contribution in [3.05, 3.63) is 35.9 Å². The van der Waals surface area contributed by atoms with E-state index >= 15 is 0 Å². The predicted molar refractivity (Wildman–Crippen MR) is 103 cm³/mol. The Bertz CT molecular complexity index is 522. The van der Waals surface area contributed by atoms with Crippen molar-refractivity contribution in [1.82, 2.24) is 0 Å². The Kier molecular flexibility index (Phi) is 8.60. The van der Waals surface area contributed by atoms with E-state index in [1.807, 2.05) is 37.3 Å². The minimum Gasteiger partial charge on any atom is -0.465 e. The summed E-state index contributed by atoms with van der Waals surface area (Å²) in [5.74, 6) is 0.795. The summed E-state index contributed by atoms with van der Waals surface area (Å²) in [5.41, 5.74) is 0.803. The van der Waals surface area contributed by atoms with Crippen LogP contribution in [0.25, 0.3) is 0 Å². The van der Waals surface area contributed by atoms with E-state index < -0.39 is 0 Å². The summed E-state index contributed by atoms with van der Waals surface area (Å²) in [6.07, 6.45) is 5.43. The van der Waals surface area contributed by atoms with Gasteiger partial charge in [-0.3, -0.25) is 4.79 Å². The summed E-state index contributed by atoms with van der Waals surface area (Å²) >= 11 is 0. The average molecular weight is 363 g/mol. The zero-order valence-electron chi connectivity index (χ0n) is 16.5. The van der Waals surface area contributed by atoms with Crippen molar-refractivity contribution in [1.29, 1.82) is 0 Å². The molecule has 0 aromatic heterocycles. The van der Waals surface area contributed by atoms with Gasteiger partial charge in [-0.2, -0.15) is 0 Å². The van der Waals surface area contributed by atoms with Gasteiger partial charge >= 0.3 is 5.97 Å². The number of hydrogen-bond acceptors (Lipinski definition) is 4. The number of benzene rings is 1. The van der Waals surface area contributed by atoms with Crippen molar-refractivity contribution in [2.75, 3.05) is 26.9 Å². The van der Waals surface area contributed by atoms with Gasteiger partial charge in [0.2, 0.25) is 0 Å². The molecule has 0 heterocycles. The van der Waals surface area contributed by atoms with Gasteiger partial charge in [0.15, 0.2) is 0 Å². The van der Waals surface area contributed by atoms with Gasteiger partial charge in [-0.1, -0.05) is 50.6 Å². The molecule has 1 aliphatic rings. The monoisotopic (exact) mass is 362 g/mol. The van der Waals surface area contributed by atoms with Gasteiger partial charge in [-0.15, -0.1) is 0 Å². The second-order valence-electron chi connectivity index (χ2n) is 7.96. The lowest BCUT2D eigenvalue weighted by Gasteiger charge is -2.30. The number of methoxy groups -OCH3 is 1. The van der Waals surface area contributed by atoms with Gasteiger partial charge in [0.1, 0.15) is 6.61 Å². The molecule has 1 aromatic carbocycles. The first-order valence-corrected chi connectivity index (χ1v) is 9.83. The fourth-order valence-corrected chi connectivity index (χ4v) is 3.63. The Balaban J connectivity index is 1.77. The van der Waals surface area contributed by atoms with Crippen LogP contribution in [-0.2, 0) is 25.6 Å². The zero-order valence-corrected chi connectivity index (χ0v) is 16.5. The number of carbonyl (C=O) groups is 1. The lowest BCUT2D eigenvalue weighted by molar-refractivity contribution is -0.156. The highest BCUT2D eigenvalue weighted by atomic mass is 16.5. The van der Waals surface area contributed by atoms with E-state index in [2.05, 4.69) is 6.92 Å². The number of rotatable bonds is 10. The SMILES string of the molecule is CCC1CCC(C(=O)OCC(C)(COC)COCc2ccccc2)CC1. The van der Waals surface area contributed by atoms with Crippen molar-refractivity contribution in [2.45, 2.75) is 52.6 Å². The largest absolute Gasteiger partial charge is 0.465 e. The van der Waals surface area contributed by atoms with Crippen LogP contribution in [0.5, 0.6) is 0 Å². The van der Waals surface area contributed by atoms with E-state index in [-0.39, 0.29) is 17.3 Å². The lowest BCUT2D eigenvalue weighted by atomic mass is 9.81. The molecule has 1 aliphatic carbocycles. The quantitative estimate of drug-likeness (QED) is 0.570. The van der Waals surface area contributed by atoms with Crippen LogP contribution in [0.4, 0.5) is 0 Å². The van der Waals surface area contributed by atoms with Gasteiger partial charge < -0.3 is 14.2 Å². The van der Waals surface area contributed by atoms with Crippen LogP contribution in [0.1, 0.15) is 51.5 Å². The van der Waals surface area contributed by atoms with Crippen LogP contribution in [0.3, 0.4) is 0 Å². The normalized spacial score (nSPS) is 22.6. The first kappa shape index (κ1) is 20.9. The second-order valence-corrected chi connectivity index (χ2v) is 7.96. The maximum atomic E-state index is 12.4. The maximum absolute atomic E-state index is 12.4. The van der Waals surface area contributed by atoms with Gasteiger partial charge in [-0.05, 0) is 37.2 Å². The Morgan fingerprint density at radius 2 is 1.77 bits per heavy atom. The van der Waals surface area contributed by atoms with Gasteiger partial charge in [0, 0.05) is 12.5 Å². The molecule has 0 aliphatic heterocycles. The third-order valence-corrected chi connectivity index (χ3v) is 5.38. The standard InChI is InChI=1S/C22H34O4/c1-4-18-10-12-20(13-11-18)21(23)26-17-22(2,15-24-3)16-25-14-19-8-6-5-7-9-19/h5-9,18,20H,4,10-17H2,1-3H3. The lowest BCUT2D eigenvalue weighted by Crippen LogP contribution is -2.36. The van der Waals surface area contributed by atoms with Crippen LogP contribution in [0, 0.1) is 17.3 Å². The minimum absolute atomic E-state index is 0.0510. The minimum atomic E-state index is -0.334. The highest BCUT2D eigenvalue weighted by Gasteiger charge is 2.31. The number of ether oxygens (including phenoxy) is 3. The molecule has 0 N–H and O–H groups in total. The Morgan fingerprint density at radius 1 is 1.08 bits per heavy atom. The Hall–Kier alpha value is -1.39. The zero-order chi connectivity index (χ0) is 18.8. The van der Waals surface area contributed by atoms with Crippen LogP contribution >= 0.6 is 0 Å². The average Bonchev–Trinajstić information content (AvgIpc) is 2.67. The maximum Gasteiger partial charge on any atom is 0.308 e. The molecule has 4 heteroatoms. The molecule has 1 unspecified atom stereocenters. The molecular weight excluding hydrogens is 328 g/mol. The number of carbonyl (C=O) groups excluding carboxylic acids is 1. The van der Waals surface area contributed by atoms with E-state index in [4.69, 9.17) is 14.2 Å². The van der Waals surface area contributed by atoms with Crippen molar-refractivity contribution in [2.24, 2.45) is 17.3 Å². The molecule has 0 amide bonds. The van der Waals surface area contributed by atoms with Crippen LogP contribution in [-0.4, -0.2) is 32.9 Å². The summed E-state index contributed by atoms with van der Waals surface area (Å²) < 4.78 is 16.9. The van der Waals surface area contributed by atoms with Crippen molar-refractivity contribution in [3.63, 3.8) is 0 Å². The fraction of sp³-hybridized carbons (Fsp3) is 0.682. The summed E-state index contributed by atoms with van der Waals surface area (Å²) in [4.78, 5) is 12.4. The molecule has 26 heavy (non-hydrogen) atoms. The van der Waals surface area contributed by atoms with Crippen molar-refractivity contribution >= 4 is 5.97 Å². The third kappa shape index (κ3) is 6.73. The van der Waals surface area contributed by atoms with Gasteiger partial charge in [0.05, 0.1) is 25.7 Å². The van der Waals surface area contributed by atoms with E-state index in [1.165, 1.54) is 6.42 Å². The Labute approximate surface area is 158 Å². The van der Waals surface area contributed by atoms with Crippen LogP contribution in [0.2, 0.25) is 0 Å². The summed E-state index contributed by atoms with van der Waals surface area (Å²) in [6.45, 7) is 6.15. The first-order chi connectivity index (χ1) is 12.6. The highest BCUT2D eigenvalue weighted by Crippen LogP contribution is 2.31. The predicted octanol–water partition coefficient (Wildman–Crippen LogP) is 4.62. The van der Waals surface area contributed by atoms with E-state index in [0.29, 0.717) is 26.4 Å². The number of hydrogen-bond donors (Lipinski definition) is 0. The van der Waals surface area contributed by atoms with E-state index in [9.17, 15) is 4.79 Å². The summed E-state index contributed by atoms with van der Waals surface area (Å²) in [5, 5.41) is 0. The van der Waals surface area contributed by atoms with E-state index in [0.717, 1.165) is 37.2 Å². The summed E-state index contributed by atoms with van der Waals surface area (Å²) in [6, 6.07) is 10.1. The van der Waals surface area contributed by atoms with Gasteiger partial charge in [0.25, 0.3) is 0 Å². The molecule has 4 nitrogen and oxygen atoms in total. The second kappa shape index (κ2) is 10.7. The molecule has 1 atom stereocenters. The van der Waals surface area contributed by atoms with Crippen LogP contribution in [0.15, 0.2) is 30.3 Å². The molecule has 2 rings (SSSR count). The molecule has 0 bridgehead atoms. The van der Waals surface area contributed by atoms with Crippen molar-refractivity contribution in [3.8, 4) is 0 Å².